The first-order chi connectivity index (χ1) is 12.2. The molecule has 0 atom stereocenters. The molecule has 1 aromatic carbocycles. The SMILES string of the molecule is Cc1cccc(OCC(=O)NCCn2ccnc2-c2ccccn2)c1. The van der Waals surface area contributed by atoms with Crippen molar-refractivity contribution in [3.8, 4) is 17.3 Å². The van der Waals surface area contributed by atoms with Crippen LogP contribution in [0.5, 0.6) is 5.75 Å². The Balaban J connectivity index is 1.47. The lowest BCUT2D eigenvalue weighted by Gasteiger charge is -2.10. The number of aromatic nitrogens is 3. The summed E-state index contributed by atoms with van der Waals surface area (Å²) in [5.74, 6) is 1.33. The van der Waals surface area contributed by atoms with Crippen LogP contribution in [0.25, 0.3) is 11.5 Å². The van der Waals surface area contributed by atoms with Gasteiger partial charge in [0.05, 0.1) is 0 Å². The summed E-state index contributed by atoms with van der Waals surface area (Å²) in [6.07, 6.45) is 5.34. The van der Waals surface area contributed by atoms with Crippen LogP contribution in [0.2, 0.25) is 0 Å². The molecule has 25 heavy (non-hydrogen) atoms. The third-order valence-corrected chi connectivity index (χ3v) is 3.64. The zero-order valence-corrected chi connectivity index (χ0v) is 14.1. The van der Waals surface area contributed by atoms with Crippen molar-refractivity contribution < 1.29 is 9.53 Å². The van der Waals surface area contributed by atoms with Crippen molar-refractivity contribution in [3.05, 3.63) is 66.6 Å². The quantitative estimate of drug-likeness (QED) is 0.719. The number of carbonyl (C=O) groups excluding carboxylic acids is 1. The summed E-state index contributed by atoms with van der Waals surface area (Å²) in [6, 6.07) is 13.3. The van der Waals surface area contributed by atoms with E-state index in [-0.39, 0.29) is 12.5 Å². The van der Waals surface area contributed by atoms with Crippen LogP contribution >= 0.6 is 0 Å². The van der Waals surface area contributed by atoms with Crippen LogP contribution in [-0.4, -0.2) is 33.6 Å². The monoisotopic (exact) mass is 336 g/mol. The van der Waals surface area contributed by atoms with Crippen molar-refractivity contribution in [1.29, 1.82) is 0 Å². The minimum Gasteiger partial charge on any atom is -0.484 e. The maximum absolute atomic E-state index is 11.9. The Hall–Kier alpha value is -3.15. The molecule has 0 aliphatic heterocycles. The van der Waals surface area contributed by atoms with Crippen LogP contribution in [0.3, 0.4) is 0 Å². The fourth-order valence-corrected chi connectivity index (χ4v) is 2.44. The van der Waals surface area contributed by atoms with E-state index in [1.807, 2.05) is 60.2 Å². The summed E-state index contributed by atoms with van der Waals surface area (Å²) < 4.78 is 7.45. The number of imidazole rings is 1. The van der Waals surface area contributed by atoms with E-state index in [1.54, 1.807) is 12.4 Å². The van der Waals surface area contributed by atoms with Crippen LogP contribution in [-0.2, 0) is 11.3 Å². The highest BCUT2D eigenvalue weighted by Crippen LogP contribution is 2.13. The zero-order valence-electron chi connectivity index (χ0n) is 14.1. The van der Waals surface area contributed by atoms with Gasteiger partial charge >= 0.3 is 0 Å². The molecule has 1 N–H and O–H groups in total. The molecule has 6 heteroatoms. The van der Waals surface area contributed by atoms with E-state index in [4.69, 9.17) is 4.74 Å². The number of hydrogen-bond donors (Lipinski definition) is 1. The number of rotatable bonds is 7. The molecule has 0 unspecified atom stereocenters. The van der Waals surface area contributed by atoms with Crippen LogP contribution in [0.15, 0.2) is 61.1 Å². The van der Waals surface area contributed by atoms with Gasteiger partial charge in [-0.05, 0) is 36.8 Å². The summed E-state index contributed by atoms with van der Waals surface area (Å²) in [4.78, 5) is 20.5. The van der Waals surface area contributed by atoms with Gasteiger partial charge in [0, 0.05) is 31.7 Å². The molecule has 0 aliphatic rings. The highest BCUT2D eigenvalue weighted by Gasteiger charge is 2.07. The fraction of sp³-hybridized carbons (Fsp3) is 0.211. The van der Waals surface area contributed by atoms with Crippen molar-refractivity contribution in [1.82, 2.24) is 19.9 Å². The van der Waals surface area contributed by atoms with Gasteiger partial charge in [0.25, 0.3) is 5.91 Å². The van der Waals surface area contributed by atoms with E-state index in [1.165, 1.54) is 0 Å². The highest BCUT2D eigenvalue weighted by atomic mass is 16.5. The first-order valence-electron chi connectivity index (χ1n) is 8.11. The number of nitrogens with zero attached hydrogens (tertiary/aromatic N) is 3. The van der Waals surface area contributed by atoms with Gasteiger partial charge in [-0.2, -0.15) is 0 Å². The fourth-order valence-electron chi connectivity index (χ4n) is 2.44. The van der Waals surface area contributed by atoms with Gasteiger partial charge in [0.1, 0.15) is 11.4 Å². The van der Waals surface area contributed by atoms with Gasteiger partial charge in [-0.3, -0.25) is 9.78 Å². The molecule has 1 amide bonds. The molecule has 128 valence electrons. The Kier molecular flexibility index (Phi) is 5.41. The zero-order chi connectivity index (χ0) is 17.5. The molecule has 3 rings (SSSR count). The molecule has 2 aromatic heterocycles. The van der Waals surface area contributed by atoms with Crippen LogP contribution in [0.1, 0.15) is 5.56 Å². The first kappa shape index (κ1) is 16.7. The highest BCUT2D eigenvalue weighted by molar-refractivity contribution is 5.77. The number of hydrogen-bond acceptors (Lipinski definition) is 4. The molecule has 6 nitrogen and oxygen atoms in total. The molecule has 3 aromatic rings. The van der Waals surface area contributed by atoms with E-state index in [2.05, 4.69) is 15.3 Å². The van der Waals surface area contributed by atoms with E-state index in [9.17, 15) is 4.79 Å². The summed E-state index contributed by atoms with van der Waals surface area (Å²) in [5, 5.41) is 2.85. The van der Waals surface area contributed by atoms with Crippen molar-refractivity contribution in [2.24, 2.45) is 0 Å². The number of nitrogens with one attached hydrogen (secondary N) is 1. The lowest BCUT2D eigenvalue weighted by atomic mass is 10.2. The third-order valence-electron chi connectivity index (χ3n) is 3.64. The average Bonchev–Trinajstić information content (AvgIpc) is 3.09. The smallest absolute Gasteiger partial charge is 0.258 e. The van der Waals surface area contributed by atoms with Crippen LogP contribution in [0, 0.1) is 6.92 Å². The topological polar surface area (TPSA) is 69.0 Å². The molecule has 0 fully saturated rings. The number of benzene rings is 1. The summed E-state index contributed by atoms with van der Waals surface area (Å²) in [7, 11) is 0. The largest absolute Gasteiger partial charge is 0.484 e. The van der Waals surface area contributed by atoms with Crippen LogP contribution < -0.4 is 10.1 Å². The Morgan fingerprint density at radius 3 is 2.88 bits per heavy atom. The number of ether oxygens (including phenoxy) is 1. The lowest BCUT2D eigenvalue weighted by molar-refractivity contribution is -0.123. The maximum Gasteiger partial charge on any atom is 0.258 e. The molecule has 0 bridgehead atoms. The van der Waals surface area contributed by atoms with Gasteiger partial charge in [-0.1, -0.05) is 18.2 Å². The Labute approximate surface area is 146 Å². The molecule has 0 aliphatic carbocycles. The Bertz CT molecular complexity index is 830. The summed E-state index contributed by atoms with van der Waals surface area (Å²) in [6.45, 7) is 3.09. The summed E-state index contributed by atoms with van der Waals surface area (Å²) >= 11 is 0. The van der Waals surface area contributed by atoms with E-state index < -0.39 is 0 Å². The van der Waals surface area contributed by atoms with Gasteiger partial charge < -0.3 is 14.6 Å². The minimum absolute atomic E-state index is 0.000476. The first-order valence-corrected chi connectivity index (χ1v) is 8.11. The maximum atomic E-state index is 11.9. The minimum atomic E-state index is -0.152. The normalized spacial score (nSPS) is 10.4. The molecular weight excluding hydrogens is 316 g/mol. The average molecular weight is 336 g/mol. The molecule has 0 saturated heterocycles. The van der Waals surface area contributed by atoms with Gasteiger partial charge in [-0.15, -0.1) is 0 Å². The van der Waals surface area contributed by atoms with Crippen LogP contribution in [0.4, 0.5) is 0 Å². The Morgan fingerprint density at radius 1 is 1.16 bits per heavy atom. The van der Waals surface area contributed by atoms with Crippen molar-refractivity contribution in [3.63, 3.8) is 0 Å². The molecule has 0 radical (unpaired) electrons. The number of aryl methyl sites for hydroxylation is 1. The molecule has 0 saturated carbocycles. The van der Waals surface area contributed by atoms with E-state index >= 15 is 0 Å². The van der Waals surface area contributed by atoms with Crippen molar-refractivity contribution in [2.45, 2.75) is 13.5 Å². The predicted octanol–water partition coefficient (Wildman–Crippen LogP) is 2.45. The van der Waals surface area contributed by atoms with Crippen molar-refractivity contribution >= 4 is 5.91 Å². The van der Waals surface area contributed by atoms with Gasteiger partial charge in [0.15, 0.2) is 12.4 Å². The van der Waals surface area contributed by atoms with Crippen molar-refractivity contribution in [2.75, 3.05) is 13.2 Å². The number of amides is 1. The second-order valence-corrected chi connectivity index (χ2v) is 5.61. The second kappa shape index (κ2) is 8.10. The van der Waals surface area contributed by atoms with Gasteiger partial charge in [0.2, 0.25) is 0 Å². The predicted molar refractivity (Wildman–Crippen MR) is 95.1 cm³/mol. The Morgan fingerprint density at radius 2 is 2.08 bits per heavy atom. The lowest BCUT2D eigenvalue weighted by Crippen LogP contribution is -2.31. The van der Waals surface area contributed by atoms with E-state index in [0.717, 1.165) is 17.1 Å². The third kappa shape index (κ3) is 4.67. The molecular formula is C19H20N4O2. The second-order valence-electron chi connectivity index (χ2n) is 5.61. The number of pyridine rings is 1. The molecule has 2 heterocycles. The van der Waals surface area contributed by atoms with E-state index in [0.29, 0.717) is 18.8 Å². The number of carbonyl (C=O) groups is 1. The summed E-state index contributed by atoms with van der Waals surface area (Å²) in [5.41, 5.74) is 1.90. The standard InChI is InChI=1S/C19H20N4O2/c1-15-5-4-6-16(13-15)25-14-18(24)21-9-11-23-12-10-22-19(23)17-7-2-3-8-20-17/h2-8,10,12-13H,9,11,14H2,1H3,(H,21,24). The molecule has 0 spiro atoms. The van der Waals surface area contributed by atoms with Gasteiger partial charge in [-0.25, -0.2) is 4.98 Å².